The van der Waals surface area contributed by atoms with E-state index in [1.165, 1.54) is 12.1 Å². The summed E-state index contributed by atoms with van der Waals surface area (Å²) in [5, 5.41) is 9.47. The highest BCUT2D eigenvalue weighted by Crippen LogP contribution is 2.33. The standard InChI is InChI=1S/C9H8F3I2NO.ClH/c10-9(11,12)3-7(15)4-1-5(13)8(16)6(14)2-4;/h1-2,7,16H,3,15H2;1H/t7-;/m1./s1. The molecule has 0 spiro atoms. The van der Waals surface area contributed by atoms with Crippen molar-refractivity contribution in [1.29, 1.82) is 0 Å². The molecule has 0 saturated carbocycles. The number of phenolic OH excluding ortho intramolecular Hbond substituents is 1. The molecule has 17 heavy (non-hydrogen) atoms. The molecule has 98 valence electrons. The van der Waals surface area contributed by atoms with Crippen molar-refractivity contribution in [2.75, 3.05) is 0 Å². The summed E-state index contributed by atoms with van der Waals surface area (Å²) in [6.07, 6.45) is -5.35. The maximum atomic E-state index is 12.1. The first kappa shape index (κ1) is 17.5. The molecule has 1 aromatic carbocycles. The fraction of sp³-hybridized carbons (Fsp3) is 0.333. The Labute approximate surface area is 130 Å². The van der Waals surface area contributed by atoms with Gasteiger partial charge in [0.25, 0.3) is 0 Å². The molecule has 0 aliphatic carbocycles. The Morgan fingerprint density at radius 1 is 1.24 bits per heavy atom. The van der Waals surface area contributed by atoms with Crippen LogP contribution in [0.4, 0.5) is 13.2 Å². The van der Waals surface area contributed by atoms with Crippen LogP contribution in [0.1, 0.15) is 18.0 Å². The van der Waals surface area contributed by atoms with Crippen molar-refractivity contribution in [3.8, 4) is 5.75 Å². The lowest BCUT2D eigenvalue weighted by Crippen LogP contribution is -2.20. The fourth-order valence-electron chi connectivity index (χ4n) is 1.17. The monoisotopic (exact) mass is 493 g/mol. The first-order chi connectivity index (χ1) is 7.20. The summed E-state index contributed by atoms with van der Waals surface area (Å²) in [5.41, 5.74) is 5.84. The van der Waals surface area contributed by atoms with Gasteiger partial charge >= 0.3 is 6.18 Å². The number of rotatable bonds is 2. The maximum Gasteiger partial charge on any atom is 0.390 e. The Morgan fingerprint density at radius 3 is 2.00 bits per heavy atom. The molecule has 0 amide bonds. The lowest BCUT2D eigenvalue weighted by Gasteiger charge is -2.15. The number of hydrogen-bond acceptors (Lipinski definition) is 2. The quantitative estimate of drug-likeness (QED) is 0.613. The zero-order chi connectivity index (χ0) is 12.5. The van der Waals surface area contributed by atoms with Gasteiger partial charge in [-0.1, -0.05) is 0 Å². The van der Waals surface area contributed by atoms with Crippen LogP contribution in [-0.2, 0) is 0 Å². The molecule has 0 fully saturated rings. The zero-order valence-corrected chi connectivity index (χ0v) is 13.4. The molecule has 0 bridgehead atoms. The Bertz CT molecular complexity index is 377. The Morgan fingerprint density at radius 2 is 1.65 bits per heavy atom. The van der Waals surface area contributed by atoms with Gasteiger partial charge in [0.2, 0.25) is 0 Å². The van der Waals surface area contributed by atoms with Gasteiger partial charge in [-0.05, 0) is 62.9 Å². The highest BCUT2D eigenvalue weighted by Gasteiger charge is 2.31. The smallest absolute Gasteiger partial charge is 0.390 e. The minimum atomic E-state index is -4.28. The van der Waals surface area contributed by atoms with Crippen molar-refractivity contribution in [3.05, 3.63) is 24.8 Å². The molecule has 0 radical (unpaired) electrons. The maximum absolute atomic E-state index is 12.1. The number of aromatic hydroxyl groups is 1. The first-order valence-electron chi connectivity index (χ1n) is 4.21. The molecule has 0 saturated heterocycles. The van der Waals surface area contributed by atoms with E-state index in [0.717, 1.165) is 0 Å². The van der Waals surface area contributed by atoms with Gasteiger partial charge in [0.05, 0.1) is 13.6 Å². The third-order valence-electron chi connectivity index (χ3n) is 1.92. The summed E-state index contributed by atoms with van der Waals surface area (Å²) < 4.78 is 37.4. The van der Waals surface area contributed by atoms with Gasteiger partial charge in [0.15, 0.2) is 0 Å². The van der Waals surface area contributed by atoms with E-state index in [2.05, 4.69) is 0 Å². The summed E-state index contributed by atoms with van der Waals surface area (Å²) in [6, 6.07) is 1.84. The van der Waals surface area contributed by atoms with Crippen LogP contribution >= 0.6 is 57.6 Å². The molecular formula is C9H9ClF3I2NO. The second-order valence-corrected chi connectivity index (χ2v) is 5.58. The molecule has 2 nitrogen and oxygen atoms in total. The van der Waals surface area contributed by atoms with Crippen LogP contribution in [0.15, 0.2) is 12.1 Å². The molecule has 0 unspecified atom stereocenters. The number of phenols is 1. The molecule has 3 N–H and O–H groups in total. The van der Waals surface area contributed by atoms with Crippen molar-refractivity contribution in [3.63, 3.8) is 0 Å². The third-order valence-corrected chi connectivity index (χ3v) is 3.56. The van der Waals surface area contributed by atoms with E-state index in [1.807, 2.05) is 45.2 Å². The molecular weight excluding hydrogens is 484 g/mol. The predicted molar refractivity (Wildman–Crippen MR) is 78.4 cm³/mol. The van der Waals surface area contributed by atoms with Crippen LogP contribution < -0.4 is 5.73 Å². The largest absolute Gasteiger partial charge is 0.506 e. The van der Waals surface area contributed by atoms with Crippen LogP contribution in [0.5, 0.6) is 5.75 Å². The molecule has 0 heterocycles. The van der Waals surface area contributed by atoms with Crippen LogP contribution in [0.25, 0.3) is 0 Å². The molecule has 8 heteroatoms. The van der Waals surface area contributed by atoms with Crippen molar-refractivity contribution in [2.45, 2.75) is 18.6 Å². The van der Waals surface area contributed by atoms with E-state index in [-0.39, 0.29) is 18.2 Å². The van der Waals surface area contributed by atoms with E-state index in [4.69, 9.17) is 5.73 Å². The number of benzene rings is 1. The molecule has 0 aliphatic rings. The zero-order valence-electron chi connectivity index (χ0n) is 8.26. The van der Waals surface area contributed by atoms with Crippen molar-refractivity contribution in [2.24, 2.45) is 5.73 Å². The van der Waals surface area contributed by atoms with Crippen LogP contribution in [0.3, 0.4) is 0 Å². The van der Waals surface area contributed by atoms with Gasteiger partial charge in [0.1, 0.15) is 5.75 Å². The molecule has 1 aromatic rings. The van der Waals surface area contributed by atoms with Crippen LogP contribution in [0, 0.1) is 7.14 Å². The van der Waals surface area contributed by atoms with E-state index >= 15 is 0 Å². The summed E-state index contributed by atoms with van der Waals surface area (Å²) in [6.45, 7) is 0. The lowest BCUT2D eigenvalue weighted by atomic mass is 10.0. The molecule has 1 rings (SSSR count). The van der Waals surface area contributed by atoms with Gasteiger partial charge < -0.3 is 10.8 Å². The Hall–Kier alpha value is 0.520. The van der Waals surface area contributed by atoms with Gasteiger partial charge in [0, 0.05) is 6.04 Å². The van der Waals surface area contributed by atoms with Gasteiger partial charge in [-0.15, -0.1) is 12.4 Å². The summed E-state index contributed by atoms with van der Waals surface area (Å²) >= 11 is 3.71. The van der Waals surface area contributed by atoms with Crippen molar-refractivity contribution in [1.82, 2.24) is 0 Å². The average Bonchev–Trinajstić information content (AvgIpc) is 2.10. The first-order valence-corrected chi connectivity index (χ1v) is 6.36. The third kappa shape index (κ3) is 5.35. The highest BCUT2D eigenvalue weighted by atomic mass is 127. The Balaban J connectivity index is 0.00000256. The topological polar surface area (TPSA) is 46.2 Å². The van der Waals surface area contributed by atoms with Crippen LogP contribution in [0.2, 0.25) is 0 Å². The summed E-state index contributed by atoms with van der Waals surface area (Å²) in [5.74, 6) is 0.0733. The minimum absolute atomic E-state index is 0. The van der Waals surface area contributed by atoms with Gasteiger partial charge in [-0.3, -0.25) is 0 Å². The number of hydrogen-bond donors (Lipinski definition) is 2. The Kier molecular flexibility index (Phi) is 6.82. The number of alkyl halides is 3. The normalized spacial score (nSPS) is 13.1. The second-order valence-electron chi connectivity index (χ2n) is 3.26. The van der Waals surface area contributed by atoms with E-state index < -0.39 is 18.6 Å². The van der Waals surface area contributed by atoms with E-state index in [0.29, 0.717) is 12.7 Å². The minimum Gasteiger partial charge on any atom is -0.506 e. The van der Waals surface area contributed by atoms with Crippen LogP contribution in [-0.4, -0.2) is 11.3 Å². The number of nitrogens with two attached hydrogens (primary N) is 1. The molecule has 0 aliphatic heterocycles. The van der Waals surface area contributed by atoms with Gasteiger partial charge in [-0.25, -0.2) is 0 Å². The second kappa shape index (κ2) is 6.62. The summed E-state index contributed by atoms with van der Waals surface area (Å²) in [4.78, 5) is 0. The average molecular weight is 493 g/mol. The lowest BCUT2D eigenvalue weighted by molar-refractivity contribution is -0.138. The van der Waals surface area contributed by atoms with Crippen molar-refractivity contribution >= 4 is 57.6 Å². The molecule has 1 atom stereocenters. The number of halogens is 6. The molecule has 0 aromatic heterocycles. The predicted octanol–water partition coefficient (Wildman–Crippen LogP) is 3.98. The van der Waals surface area contributed by atoms with Gasteiger partial charge in [-0.2, -0.15) is 13.2 Å². The van der Waals surface area contributed by atoms with E-state index in [9.17, 15) is 18.3 Å². The van der Waals surface area contributed by atoms with Crippen molar-refractivity contribution < 1.29 is 18.3 Å². The summed E-state index contributed by atoms with van der Waals surface area (Å²) in [7, 11) is 0. The SMILES string of the molecule is Cl.N[C@H](CC(F)(F)F)c1cc(I)c(O)c(I)c1. The van der Waals surface area contributed by atoms with E-state index in [1.54, 1.807) is 0 Å². The highest BCUT2D eigenvalue weighted by molar-refractivity contribution is 14.1. The fourth-order valence-corrected chi connectivity index (χ4v) is 2.98.